The number of benzene rings is 1. The van der Waals surface area contributed by atoms with Crippen LogP contribution in [0.1, 0.15) is 22.0 Å². The first-order chi connectivity index (χ1) is 13.7. The summed E-state index contributed by atoms with van der Waals surface area (Å²) in [5, 5.41) is 7.25. The Labute approximate surface area is 169 Å². The van der Waals surface area contributed by atoms with Gasteiger partial charge in [0, 0.05) is 25.2 Å². The molecule has 3 rings (SSSR count). The zero-order chi connectivity index (χ0) is 19.9. The molecule has 0 aliphatic carbocycles. The monoisotopic (exact) mass is 406 g/mol. The molecule has 1 aromatic carbocycles. The fraction of sp³-hybridized carbons (Fsp3) is 0.450. The van der Waals surface area contributed by atoms with Crippen LogP contribution in [0.3, 0.4) is 0 Å². The third kappa shape index (κ3) is 4.57. The van der Waals surface area contributed by atoms with Crippen molar-refractivity contribution in [2.75, 3.05) is 54.2 Å². The van der Waals surface area contributed by atoms with Crippen molar-refractivity contribution >= 4 is 17.2 Å². The van der Waals surface area contributed by atoms with Crippen LogP contribution in [-0.4, -0.2) is 65.0 Å². The van der Waals surface area contributed by atoms with E-state index in [4.69, 9.17) is 18.9 Å². The van der Waals surface area contributed by atoms with Crippen molar-refractivity contribution in [3.8, 4) is 17.2 Å². The number of nitrogens with one attached hydrogen (secondary N) is 1. The highest BCUT2D eigenvalue weighted by atomic mass is 32.1. The lowest BCUT2D eigenvalue weighted by molar-refractivity contribution is 0.0163. The summed E-state index contributed by atoms with van der Waals surface area (Å²) in [6.45, 7) is 3.62. The largest absolute Gasteiger partial charge is 0.493 e. The molecular weight excluding hydrogens is 380 g/mol. The van der Waals surface area contributed by atoms with Gasteiger partial charge < -0.3 is 24.3 Å². The Bertz CT molecular complexity index is 750. The fourth-order valence-corrected chi connectivity index (χ4v) is 4.02. The van der Waals surface area contributed by atoms with Crippen molar-refractivity contribution in [2.45, 2.75) is 6.04 Å². The second kappa shape index (κ2) is 9.77. The third-order valence-electron chi connectivity index (χ3n) is 4.80. The molecule has 1 aromatic heterocycles. The molecule has 1 N–H and O–H groups in total. The third-order valence-corrected chi connectivity index (χ3v) is 5.50. The van der Waals surface area contributed by atoms with Gasteiger partial charge in [-0.25, -0.2) is 0 Å². The number of nitrogens with zero attached hydrogens (tertiary/aromatic N) is 1. The number of hydrogen-bond donors (Lipinski definition) is 1. The molecule has 1 atom stereocenters. The Morgan fingerprint density at radius 2 is 1.86 bits per heavy atom. The van der Waals surface area contributed by atoms with E-state index in [1.807, 2.05) is 0 Å². The Morgan fingerprint density at radius 3 is 2.39 bits per heavy atom. The molecule has 1 aliphatic rings. The number of rotatable bonds is 8. The van der Waals surface area contributed by atoms with E-state index in [9.17, 15) is 4.79 Å². The Morgan fingerprint density at radius 1 is 1.18 bits per heavy atom. The molecule has 1 fully saturated rings. The van der Waals surface area contributed by atoms with Gasteiger partial charge >= 0.3 is 0 Å². The molecule has 1 aliphatic heterocycles. The first kappa shape index (κ1) is 20.4. The SMILES string of the molecule is COc1cc(C(=O)NC[C@@H](c2ccsc2)N2CCOCC2)cc(OC)c1OC. The maximum Gasteiger partial charge on any atom is 0.251 e. The smallest absolute Gasteiger partial charge is 0.251 e. The molecule has 2 aromatic rings. The lowest BCUT2D eigenvalue weighted by Gasteiger charge is -2.34. The Kier molecular flexibility index (Phi) is 7.13. The molecule has 2 heterocycles. The van der Waals surface area contributed by atoms with E-state index in [1.54, 1.807) is 23.5 Å². The van der Waals surface area contributed by atoms with Gasteiger partial charge in [-0.05, 0) is 34.5 Å². The minimum atomic E-state index is -0.187. The lowest BCUT2D eigenvalue weighted by atomic mass is 10.1. The molecule has 152 valence electrons. The van der Waals surface area contributed by atoms with Crippen LogP contribution in [-0.2, 0) is 4.74 Å². The second-order valence-electron chi connectivity index (χ2n) is 6.34. The summed E-state index contributed by atoms with van der Waals surface area (Å²) in [6.07, 6.45) is 0. The van der Waals surface area contributed by atoms with E-state index in [-0.39, 0.29) is 11.9 Å². The minimum absolute atomic E-state index is 0.112. The van der Waals surface area contributed by atoms with Gasteiger partial charge in [-0.3, -0.25) is 9.69 Å². The summed E-state index contributed by atoms with van der Waals surface area (Å²) in [5.41, 5.74) is 1.66. The topological polar surface area (TPSA) is 69.3 Å². The number of methoxy groups -OCH3 is 3. The van der Waals surface area contributed by atoms with Gasteiger partial charge in [-0.1, -0.05) is 0 Å². The minimum Gasteiger partial charge on any atom is -0.493 e. The van der Waals surface area contributed by atoms with Crippen LogP contribution in [0, 0.1) is 0 Å². The molecule has 0 saturated carbocycles. The number of carbonyl (C=O) groups excluding carboxylic acids is 1. The predicted octanol–water partition coefficient (Wildman–Crippen LogP) is 2.58. The van der Waals surface area contributed by atoms with E-state index in [2.05, 4.69) is 27.0 Å². The van der Waals surface area contributed by atoms with Crippen LogP contribution in [0.15, 0.2) is 29.0 Å². The molecule has 8 heteroatoms. The number of ether oxygens (including phenoxy) is 4. The van der Waals surface area contributed by atoms with Crippen LogP contribution in [0.5, 0.6) is 17.2 Å². The van der Waals surface area contributed by atoms with Crippen molar-refractivity contribution < 1.29 is 23.7 Å². The highest BCUT2D eigenvalue weighted by Crippen LogP contribution is 2.38. The van der Waals surface area contributed by atoms with Crippen molar-refractivity contribution in [3.05, 3.63) is 40.1 Å². The van der Waals surface area contributed by atoms with Gasteiger partial charge in [-0.15, -0.1) is 0 Å². The van der Waals surface area contributed by atoms with Gasteiger partial charge in [0.15, 0.2) is 11.5 Å². The van der Waals surface area contributed by atoms with Crippen LogP contribution in [0.4, 0.5) is 0 Å². The van der Waals surface area contributed by atoms with E-state index < -0.39 is 0 Å². The summed E-state index contributed by atoms with van der Waals surface area (Å²) in [7, 11) is 4.60. The highest BCUT2D eigenvalue weighted by Gasteiger charge is 2.24. The maximum absolute atomic E-state index is 12.8. The first-order valence-corrected chi connectivity index (χ1v) is 10.0. The van der Waals surface area contributed by atoms with Crippen LogP contribution in [0.2, 0.25) is 0 Å². The lowest BCUT2D eigenvalue weighted by Crippen LogP contribution is -2.43. The zero-order valence-electron chi connectivity index (χ0n) is 16.4. The van der Waals surface area contributed by atoms with Crippen LogP contribution < -0.4 is 19.5 Å². The number of morpholine rings is 1. The number of carbonyl (C=O) groups is 1. The van der Waals surface area contributed by atoms with Gasteiger partial charge in [0.1, 0.15) is 0 Å². The highest BCUT2D eigenvalue weighted by molar-refractivity contribution is 7.07. The van der Waals surface area contributed by atoms with Crippen LogP contribution in [0.25, 0.3) is 0 Å². The van der Waals surface area contributed by atoms with Crippen LogP contribution >= 0.6 is 11.3 Å². The van der Waals surface area contributed by atoms with E-state index in [0.717, 1.165) is 13.1 Å². The van der Waals surface area contributed by atoms with Gasteiger partial charge in [0.2, 0.25) is 5.75 Å². The molecule has 0 spiro atoms. The molecule has 0 radical (unpaired) electrons. The molecule has 28 heavy (non-hydrogen) atoms. The summed E-state index contributed by atoms with van der Waals surface area (Å²) in [6, 6.07) is 5.54. The normalized spacial score (nSPS) is 15.7. The summed E-state index contributed by atoms with van der Waals surface area (Å²) in [4.78, 5) is 15.2. The summed E-state index contributed by atoms with van der Waals surface area (Å²) < 4.78 is 21.5. The average molecular weight is 407 g/mol. The van der Waals surface area contributed by atoms with E-state index >= 15 is 0 Å². The second-order valence-corrected chi connectivity index (χ2v) is 7.12. The van der Waals surface area contributed by atoms with Gasteiger partial charge in [0.25, 0.3) is 5.91 Å². The molecule has 7 nitrogen and oxygen atoms in total. The number of hydrogen-bond acceptors (Lipinski definition) is 7. The summed E-state index contributed by atoms with van der Waals surface area (Å²) in [5.74, 6) is 1.18. The standard InChI is InChI=1S/C20H26N2O5S/c1-24-17-10-15(11-18(25-2)19(17)26-3)20(23)21-12-16(14-4-9-28-13-14)22-5-7-27-8-6-22/h4,9-11,13,16H,5-8,12H2,1-3H3,(H,21,23)/t16-/m0/s1. The van der Waals surface area contributed by atoms with Gasteiger partial charge in [0.05, 0.1) is 40.6 Å². The van der Waals surface area contributed by atoms with Crippen molar-refractivity contribution in [1.29, 1.82) is 0 Å². The molecular formula is C20H26N2O5S. The number of amides is 1. The quantitative estimate of drug-likeness (QED) is 0.727. The molecule has 1 amide bonds. The van der Waals surface area contributed by atoms with Gasteiger partial charge in [-0.2, -0.15) is 11.3 Å². The molecule has 0 unspecified atom stereocenters. The molecule has 0 bridgehead atoms. The molecule has 1 saturated heterocycles. The predicted molar refractivity (Wildman–Crippen MR) is 108 cm³/mol. The summed E-state index contributed by atoms with van der Waals surface area (Å²) >= 11 is 1.66. The average Bonchev–Trinajstić information content (AvgIpc) is 3.27. The maximum atomic E-state index is 12.8. The number of thiophene rings is 1. The fourth-order valence-electron chi connectivity index (χ4n) is 3.32. The Hall–Kier alpha value is -2.29. The van der Waals surface area contributed by atoms with Crippen molar-refractivity contribution in [2.24, 2.45) is 0 Å². The Balaban J connectivity index is 1.75. The first-order valence-electron chi connectivity index (χ1n) is 9.10. The van der Waals surface area contributed by atoms with Crippen molar-refractivity contribution in [1.82, 2.24) is 10.2 Å². The van der Waals surface area contributed by atoms with Crippen molar-refractivity contribution in [3.63, 3.8) is 0 Å². The van der Waals surface area contributed by atoms with E-state index in [1.165, 1.54) is 26.9 Å². The van der Waals surface area contributed by atoms with E-state index in [0.29, 0.717) is 42.6 Å². The zero-order valence-corrected chi connectivity index (χ0v) is 17.2.